The second-order valence-corrected chi connectivity index (χ2v) is 11.6. The maximum atomic E-state index is 13.7. The second-order valence-electron chi connectivity index (χ2n) is 11.6. The second kappa shape index (κ2) is 12.1. The van der Waals surface area contributed by atoms with Gasteiger partial charge in [0.1, 0.15) is 11.5 Å². The van der Waals surface area contributed by atoms with Crippen LogP contribution in [0.5, 0.6) is 11.5 Å². The molecule has 10 nitrogen and oxygen atoms in total. The highest BCUT2D eigenvalue weighted by atomic mass is 16.5. The number of methoxy groups -OCH3 is 3. The minimum absolute atomic E-state index is 0.117. The van der Waals surface area contributed by atoms with Crippen LogP contribution in [0.2, 0.25) is 0 Å². The first-order chi connectivity index (χ1) is 19.7. The van der Waals surface area contributed by atoms with Gasteiger partial charge in [0.15, 0.2) is 0 Å². The Morgan fingerprint density at radius 1 is 1.00 bits per heavy atom. The van der Waals surface area contributed by atoms with Crippen molar-refractivity contribution in [2.24, 2.45) is 5.92 Å². The van der Waals surface area contributed by atoms with E-state index in [-0.39, 0.29) is 30.5 Å². The summed E-state index contributed by atoms with van der Waals surface area (Å²) in [6.45, 7) is 7.79. The summed E-state index contributed by atoms with van der Waals surface area (Å²) in [6, 6.07) is 9.28. The van der Waals surface area contributed by atoms with Crippen LogP contribution in [0.4, 0.5) is 10.5 Å². The number of fused-ring (bicyclic) bond motifs is 1. The monoisotopic (exact) mass is 563 g/mol. The van der Waals surface area contributed by atoms with Crippen LogP contribution in [-0.2, 0) is 22.5 Å². The number of nitrogens with zero attached hydrogens (tertiary/aromatic N) is 5. The van der Waals surface area contributed by atoms with Gasteiger partial charge in [-0.2, -0.15) is 5.10 Å². The average Bonchev–Trinajstić information content (AvgIpc) is 3.39. The molecular weight excluding hydrogens is 522 g/mol. The van der Waals surface area contributed by atoms with E-state index in [4.69, 9.17) is 14.2 Å². The Balaban J connectivity index is 1.30. The Kier molecular flexibility index (Phi) is 8.51. The number of amides is 3. The van der Waals surface area contributed by atoms with Gasteiger partial charge in [0.2, 0.25) is 5.91 Å². The Bertz CT molecular complexity index is 1390. The van der Waals surface area contributed by atoms with Crippen LogP contribution in [0.1, 0.15) is 44.2 Å². The molecule has 5 rings (SSSR count). The Hall–Kier alpha value is -3.63. The molecule has 1 aromatic carbocycles. The molecular formula is C31H41N5O5. The number of urea groups is 1. The van der Waals surface area contributed by atoms with E-state index in [0.29, 0.717) is 29.6 Å². The smallest absolute Gasteiger partial charge is 0.331 e. The molecule has 41 heavy (non-hydrogen) atoms. The van der Waals surface area contributed by atoms with E-state index in [1.807, 2.05) is 12.3 Å². The number of benzene rings is 1. The van der Waals surface area contributed by atoms with Gasteiger partial charge in [-0.3, -0.25) is 14.6 Å². The van der Waals surface area contributed by atoms with Gasteiger partial charge in [0, 0.05) is 44.4 Å². The number of ether oxygens (including phenoxy) is 3. The molecule has 0 radical (unpaired) electrons. The molecule has 3 aromatic rings. The van der Waals surface area contributed by atoms with Crippen LogP contribution >= 0.6 is 0 Å². The first-order valence-electron chi connectivity index (χ1n) is 14.3. The number of piperidine rings is 1. The molecule has 0 aliphatic carbocycles. The Morgan fingerprint density at radius 2 is 1.78 bits per heavy atom. The van der Waals surface area contributed by atoms with Crippen molar-refractivity contribution in [2.45, 2.75) is 51.7 Å². The SMILES string of the molecule is COc1ccc(CN2C(=O)CCN(c3cnn4ccc(CC5CCN(CC(C)(C)OC)CC5)cc34)C2=O)c(OC)c1. The molecule has 2 aromatic heterocycles. The zero-order valence-electron chi connectivity index (χ0n) is 24.8. The van der Waals surface area contributed by atoms with Gasteiger partial charge in [-0.1, -0.05) is 0 Å². The number of hydrogen-bond donors (Lipinski definition) is 0. The third-order valence-electron chi connectivity index (χ3n) is 8.38. The highest BCUT2D eigenvalue weighted by Gasteiger charge is 2.35. The maximum absolute atomic E-state index is 13.7. The zero-order valence-corrected chi connectivity index (χ0v) is 24.8. The number of imide groups is 1. The quantitative estimate of drug-likeness (QED) is 0.362. The van der Waals surface area contributed by atoms with Gasteiger partial charge in [-0.15, -0.1) is 0 Å². The molecule has 2 aliphatic heterocycles. The molecule has 2 saturated heterocycles. The summed E-state index contributed by atoms with van der Waals surface area (Å²) in [5.41, 5.74) is 3.41. The van der Waals surface area contributed by atoms with Crippen molar-refractivity contribution < 1.29 is 23.8 Å². The fourth-order valence-electron chi connectivity index (χ4n) is 5.85. The maximum Gasteiger partial charge on any atom is 0.331 e. The molecule has 3 amide bonds. The van der Waals surface area contributed by atoms with Crippen molar-refractivity contribution in [3.8, 4) is 11.5 Å². The predicted octanol–water partition coefficient (Wildman–Crippen LogP) is 4.39. The van der Waals surface area contributed by atoms with Crippen LogP contribution in [0.25, 0.3) is 5.52 Å². The van der Waals surface area contributed by atoms with E-state index < -0.39 is 0 Å². The molecule has 0 N–H and O–H groups in total. The van der Waals surface area contributed by atoms with Gasteiger partial charge in [-0.05, 0) is 81.9 Å². The summed E-state index contributed by atoms with van der Waals surface area (Å²) in [6.07, 6.45) is 7.19. The number of carbonyl (C=O) groups excluding carboxylic acids is 2. The number of hydrogen-bond acceptors (Lipinski definition) is 7. The lowest BCUT2D eigenvalue weighted by molar-refractivity contribution is -0.129. The van der Waals surface area contributed by atoms with Crippen LogP contribution in [0.3, 0.4) is 0 Å². The topological polar surface area (TPSA) is 88.9 Å². The first kappa shape index (κ1) is 28.9. The zero-order chi connectivity index (χ0) is 29.1. The Labute approximate surface area is 241 Å². The number of aromatic nitrogens is 2. The van der Waals surface area contributed by atoms with Crippen molar-refractivity contribution in [1.82, 2.24) is 19.4 Å². The fourth-order valence-corrected chi connectivity index (χ4v) is 5.85. The molecule has 0 saturated carbocycles. The number of anilines is 1. The fraction of sp³-hybridized carbons (Fsp3) is 0.516. The van der Waals surface area contributed by atoms with E-state index >= 15 is 0 Å². The van der Waals surface area contributed by atoms with Gasteiger partial charge in [0.25, 0.3) is 0 Å². The van der Waals surface area contributed by atoms with Gasteiger partial charge >= 0.3 is 6.03 Å². The molecule has 4 heterocycles. The summed E-state index contributed by atoms with van der Waals surface area (Å²) in [7, 11) is 4.92. The minimum atomic E-state index is -0.356. The van der Waals surface area contributed by atoms with Crippen molar-refractivity contribution in [3.05, 3.63) is 53.9 Å². The molecule has 2 fully saturated rings. The molecule has 0 atom stereocenters. The molecule has 0 unspecified atom stereocenters. The molecule has 10 heteroatoms. The van der Waals surface area contributed by atoms with E-state index in [0.717, 1.165) is 50.0 Å². The molecule has 0 spiro atoms. The number of likely N-dealkylation sites (tertiary alicyclic amines) is 1. The summed E-state index contributed by atoms with van der Waals surface area (Å²) in [5.74, 6) is 1.61. The lowest BCUT2D eigenvalue weighted by Crippen LogP contribution is -2.52. The van der Waals surface area contributed by atoms with E-state index in [2.05, 4.69) is 36.0 Å². The van der Waals surface area contributed by atoms with Crippen LogP contribution < -0.4 is 14.4 Å². The normalized spacial score (nSPS) is 17.5. The van der Waals surface area contributed by atoms with Gasteiger partial charge in [-0.25, -0.2) is 9.31 Å². The standard InChI is InChI=1S/C31H41N5O5/c1-31(2,41-5)21-33-12-8-22(9-13-33)16-23-10-15-36-26(17-23)27(19-32-36)34-14-11-29(37)35(30(34)38)20-24-6-7-25(39-3)18-28(24)40-4/h6-7,10,15,17-19,22H,8-9,11-14,16,20-21H2,1-5H3. The highest BCUT2D eigenvalue weighted by molar-refractivity contribution is 6.07. The third-order valence-corrected chi connectivity index (χ3v) is 8.38. The largest absolute Gasteiger partial charge is 0.497 e. The summed E-state index contributed by atoms with van der Waals surface area (Å²) in [4.78, 5) is 32.0. The third kappa shape index (κ3) is 6.33. The van der Waals surface area contributed by atoms with Crippen molar-refractivity contribution >= 4 is 23.1 Å². The summed E-state index contributed by atoms with van der Waals surface area (Å²) in [5, 5.41) is 4.51. The molecule has 0 bridgehead atoms. The summed E-state index contributed by atoms with van der Waals surface area (Å²) < 4.78 is 18.2. The minimum Gasteiger partial charge on any atom is -0.497 e. The molecule has 220 valence electrons. The average molecular weight is 564 g/mol. The predicted molar refractivity (Wildman–Crippen MR) is 157 cm³/mol. The van der Waals surface area contributed by atoms with Crippen molar-refractivity contribution in [1.29, 1.82) is 0 Å². The van der Waals surface area contributed by atoms with E-state index in [9.17, 15) is 9.59 Å². The Morgan fingerprint density at radius 3 is 2.49 bits per heavy atom. The lowest BCUT2D eigenvalue weighted by Gasteiger charge is -2.36. The van der Waals surface area contributed by atoms with Crippen molar-refractivity contribution in [3.63, 3.8) is 0 Å². The van der Waals surface area contributed by atoms with E-state index in [1.54, 1.807) is 49.1 Å². The van der Waals surface area contributed by atoms with Gasteiger partial charge in [0.05, 0.1) is 43.8 Å². The number of rotatable bonds is 10. The number of carbonyl (C=O) groups is 2. The van der Waals surface area contributed by atoms with E-state index in [1.165, 1.54) is 10.5 Å². The van der Waals surface area contributed by atoms with Gasteiger partial charge < -0.3 is 19.1 Å². The van der Waals surface area contributed by atoms with Crippen LogP contribution in [-0.4, -0.2) is 84.5 Å². The highest BCUT2D eigenvalue weighted by Crippen LogP contribution is 2.31. The molecule has 2 aliphatic rings. The number of pyridine rings is 1. The van der Waals surface area contributed by atoms with Crippen molar-refractivity contribution in [2.75, 3.05) is 52.4 Å². The van der Waals surface area contributed by atoms with Crippen LogP contribution in [0, 0.1) is 5.92 Å². The lowest BCUT2D eigenvalue weighted by atomic mass is 9.90. The first-order valence-corrected chi connectivity index (χ1v) is 14.3. The van der Waals surface area contributed by atoms with Crippen LogP contribution in [0.15, 0.2) is 42.7 Å². The summed E-state index contributed by atoms with van der Waals surface area (Å²) >= 11 is 0.